The van der Waals surface area contributed by atoms with Gasteiger partial charge in [0.15, 0.2) is 0 Å². The second kappa shape index (κ2) is 5.82. The number of aryl methyl sites for hydroxylation is 1. The summed E-state index contributed by atoms with van der Waals surface area (Å²) in [5.41, 5.74) is 0.523. The van der Waals surface area contributed by atoms with Crippen molar-refractivity contribution in [3.05, 3.63) is 41.2 Å². The van der Waals surface area contributed by atoms with Crippen molar-refractivity contribution in [1.29, 1.82) is 0 Å². The average molecular weight is 312 g/mol. The van der Waals surface area contributed by atoms with Crippen LogP contribution in [0.25, 0.3) is 11.4 Å². The number of benzene rings is 1. The molecule has 0 unspecified atom stereocenters. The average Bonchev–Trinajstić information content (AvgIpc) is 2.73. The van der Waals surface area contributed by atoms with E-state index >= 15 is 0 Å². The highest BCUT2D eigenvalue weighted by atomic mass is 19.4. The molecule has 0 aliphatic heterocycles. The predicted octanol–water partition coefficient (Wildman–Crippen LogP) is 3.59. The Balaban J connectivity index is 2.42. The van der Waals surface area contributed by atoms with Crippen molar-refractivity contribution in [2.75, 3.05) is 6.61 Å². The van der Waals surface area contributed by atoms with E-state index in [2.05, 4.69) is 4.98 Å². The van der Waals surface area contributed by atoms with Crippen molar-refractivity contribution < 1.29 is 22.7 Å². The van der Waals surface area contributed by atoms with Gasteiger partial charge in [-0.3, -0.25) is 0 Å². The molecule has 0 atom stereocenters. The van der Waals surface area contributed by atoms with Crippen molar-refractivity contribution in [1.82, 2.24) is 9.55 Å². The van der Waals surface area contributed by atoms with Crippen LogP contribution in [-0.2, 0) is 18.0 Å². The molecule has 0 radical (unpaired) electrons. The molecule has 7 heteroatoms. The minimum Gasteiger partial charge on any atom is -0.461 e. The summed E-state index contributed by atoms with van der Waals surface area (Å²) in [6, 6.07) is 4.64. The lowest BCUT2D eigenvalue weighted by Crippen LogP contribution is -2.11. The number of nitrogens with zero attached hydrogens (tertiary/aromatic N) is 2. The predicted molar refractivity (Wildman–Crippen MR) is 74.3 cm³/mol. The third-order valence-electron chi connectivity index (χ3n) is 3.21. The van der Waals surface area contributed by atoms with Crippen LogP contribution in [0.1, 0.15) is 28.7 Å². The topological polar surface area (TPSA) is 44.1 Å². The number of hydrogen-bond donors (Lipinski definition) is 0. The van der Waals surface area contributed by atoms with Gasteiger partial charge in [-0.05, 0) is 26.0 Å². The summed E-state index contributed by atoms with van der Waals surface area (Å²) in [5.74, 6) is -0.0950. The van der Waals surface area contributed by atoms with E-state index in [1.165, 1.54) is 16.7 Å². The maximum Gasteiger partial charge on any atom is 0.416 e. The van der Waals surface area contributed by atoms with Crippen LogP contribution in [0.15, 0.2) is 24.3 Å². The zero-order valence-electron chi connectivity index (χ0n) is 12.4. The van der Waals surface area contributed by atoms with Crippen molar-refractivity contribution in [2.24, 2.45) is 7.05 Å². The minimum absolute atomic E-state index is 0.235. The molecule has 0 N–H and O–H groups in total. The lowest BCUT2D eigenvalue weighted by atomic mass is 10.1. The summed E-state index contributed by atoms with van der Waals surface area (Å²) in [6.45, 7) is 3.58. The van der Waals surface area contributed by atoms with E-state index in [9.17, 15) is 18.0 Å². The molecule has 1 heterocycles. The number of carbonyl (C=O) groups is 1. The lowest BCUT2D eigenvalue weighted by molar-refractivity contribution is -0.137. The van der Waals surface area contributed by atoms with E-state index < -0.39 is 17.7 Å². The molecule has 1 aromatic carbocycles. The molecular weight excluding hydrogens is 297 g/mol. The van der Waals surface area contributed by atoms with Crippen LogP contribution in [0, 0.1) is 6.92 Å². The van der Waals surface area contributed by atoms with Crippen molar-refractivity contribution in [2.45, 2.75) is 20.0 Å². The summed E-state index contributed by atoms with van der Waals surface area (Å²) in [6.07, 6.45) is -4.38. The molecule has 0 aliphatic carbocycles. The molecule has 0 saturated carbocycles. The largest absolute Gasteiger partial charge is 0.461 e. The van der Waals surface area contributed by atoms with E-state index in [0.29, 0.717) is 17.1 Å². The van der Waals surface area contributed by atoms with E-state index in [1.54, 1.807) is 20.9 Å². The van der Waals surface area contributed by atoms with Crippen LogP contribution in [0.3, 0.4) is 0 Å². The molecule has 2 aromatic rings. The smallest absolute Gasteiger partial charge is 0.416 e. The molecule has 118 valence electrons. The van der Waals surface area contributed by atoms with Gasteiger partial charge in [-0.2, -0.15) is 13.2 Å². The van der Waals surface area contributed by atoms with E-state index in [4.69, 9.17) is 4.74 Å². The Labute approximate surface area is 125 Å². The first-order chi connectivity index (χ1) is 10.3. The van der Waals surface area contributed by atoms with Crippen LogP contribution in [0.5, 0.6) is 0 Å². The van der Waals surface area contributed by atoms with Gasteiger partial charge in [-0.1, -0.05) is 12.1 Å². The number of halogens is 3. The van der Waals surface area contributed by atoms with Gasteiger partial charge in [0.1, 0.15) is 11.5 Å². The zero-order valence-corrected chi connectivity index (χ0v) is 12.4. The van der Waals surface area contributed by atoms with E-state index in [0.717, 1.165) is 12.1 Å². The van der Waals surface area contributed by atoms with Gasteiger partial charge in [0.2, 0.25) is 0 Å². The summed E-state index contributed by atoms with van der Waals surface area (Å²) in [5, 5.41) is 0. The minimum atomic E-state index is -4.38. The number of hydrogen-bond acceptors (Lipinski definition) is 3. The maximum absolute atomic E-state index is 12.6. The molecule has 0 aliphatic rings. The Hall–Kier alpha value is -2.31. The number of rotatable bonds is 3. The van der Waals surface area contributed by atoms with Crippen LogP contribution in [0.4, 0.5) is 13.2 Å². The van der Waals surface area contributed by atoms with Gasteiger partial charge in [0.05, 0.1) is 17.9 Å². The number of carbonyl (C=O) groups excluding carboxylic acids is 1. The summed E-state index contributed by atoms with van der Waals surface area (Å²) in [4.78, 5) is 16.1. The third-order valence-corrected chi connectivity index (χ3v) is 3.21. The van der Waals surface area contributed by atoms with Crippen LogP contribution in [-0.4, -0.2) is 22.1 Å². The van der Waals surface area contributed by atoms with Crippen LogP contribution in [0.2, 0.25) is 0 Å². The molecule has 0 saturated heterocycles. The van der Waals surface area contributed by atoms with Gasteiger partial charge < -0.3 is 9.30 Å². The number of alkyl halides is 3. The second-order valence-electron chi connectivity index (χ2n) is 4.72. The van der Waals surface area contributed by atoms with Gasteiger partial charge in [0, 0.05) is 12.6 Å². The summed E-state index contributed by atoms with van der Waals surface area (Å²) in [7, 11) is 1.62. The van der Waals surface area contributed by atoms with Crippen molar-refractivity contribution in [3.8, 4) is 11.4 Å². The quantitative estimate of drug-likeness (QED) is 0.814. The highest BCUT2D eigenvalue weighted by molar-refractivity contribution is 5.89. The molecule has 2 rings (SSSR count). The fourth-order valence-corrected chi connectivity index (χ4v) is 2.19. The SMILES string of the molecule is CCOC(=O)c1c(C)nc(-c2ccc(C(F)(F)F)cc2)n1C. The normalized spacial score (nSPS) is 11.5. The number of aromatic nitrogens is 2. The number of esters is 1. The Kier molecular flexibility index (Phi) is 4.25. The molecule has 0 bridgehead atoms. The molecule has 0 fully saturated rings. The molecule has 22 heavy (non-hydrogen) atoms. The van der Waals surface area contributed by atoms with Crippen molar-refractivity contribution >= 4 is 5.97 Å². The zero-order chi connectivity index (χ0) is 16.5. The molecule has 0 amide bonds. The Morgan fingerprint density at radius 3 is 2.36 bits per heavy atom. The van der Waals surface area contributed by atoms with Crippen LogP contribution >= 0.6 is 0 Å². The third kappa shape index (κ3) is 2.98. The highest BCUT2D eigenvalue weighted by Crippen LogP contribution is 2.31. The van der Waals surface area contributed by atoms with E-state index in [-0.39, 0.29) is 12.3 Å². The molecular formula is C15H15F3N2O2. The Morgan fingerprint density at radius 2 is 1.86 bits per heavy atom. The fraction of sp³-hybridized carbons (Fsp3) is 0.333. The summed E-state index contributed by atoms with van der Waals surface area (Å²) < 4.78 is 44.2. The maximum atomic E-state index is 12.6. The Morgan fingerprint density at radius 1 is 1.27 bits per heavy atom. The molecule has 0 spiro atoms. The Bertz CT molecular complexity index is 688. The fourth-order valence-electron chi connectivity index (χ4n) is 2.19. The highest BCUT2D eigenvalue weighted by Gasteiger charge is 2.30. The number of ether oxygens (including phenoxy) is 1. The standard InChI is InChI=1S/C15H15F3N2O2/c1-4-22-14(21)12-9(2)19-13(20(12)3)10-5-7-11(8-6-10)15(16,17)18/h5-8H,4H2,1-3H3. The van der Waals surface area contributed by atoms with Crippen molar-refractivity contribution in [3.63, 3.8) is 0 Å². The first-order valence-corrected chi connectivity index (χ1v) is 6.63. The second-order valence-corrected chi connectivity index (χ2v) is 4.72. The van der Waals surface area contributed by atoms with Crippen LogP contribution < -0.4 is 0 Å². The monoisotopic (exact) mass is 312 g/mol. The molecule has 4 nitrogen and oxygen atoms in total. The first-order valence-electron chi connectivity index (χ1n) is 6.63. The van der Waals surface area contributed by atoms with E-state index in [1.807, 2.05) is 0 Å². The number of imidazole rings is 1. The van der Waals surface area contributed by atoms with Gasteiger partial charge in [-0.25, -0.2) is 9.78 Å². The van der Waals surface area contributed by atoms with Gasteiger partial charge in [0.25, 0.3) is 0 Å². The first kappa shape index (κ1) is 16.1. The van der Waals surface area contributed by atoms with Gasteiger partial charge in [-0.15, -0.1) is 0 Å². The van der Waals surface area contributed by atoms with Gasteiger partial charge >= 0.3 is 12.1 Å². The molecule has 1 aromatic heterocycles. The summed E-state index contributed by atoms with van der Waals surface area (Å²) >= 11 is 0. The lowest BCUT2D eigenvalue weighted by Gasteiger charge is -2.08.